The topological polar surface area (TPSA) is 72.3 Å². The molecule has 2 aromatic heterocycles. The lowest BCUT2D eigenvalue weighted by Gasteiger charge is -2.23. The molecule has 1 aliphatic rings. The normalized spacial score (nSPS) is 14.7. The minimum absolute atomic E-state index is 0.0329. The summed E-state index contributed by atoms with van der Waals surface area (Å²) in [5.74, 6) is 0.710. The molecule has 0 radical (unpaired) electrons. The third-order valence-corrected chi connectivity index (χ3v) is 5.20. The van der Waals surface area contributed by atoms with Gasteiger partial charge < -0.3 is 15.1 Å². The molecule has 1 fully saturated rings. The lowest BCUT2D eigenvalue weighted by Crippen LogP contribution is -2.41. The predicted molar refractivity (Wildman–Crippen MR) is 98.6 cm³/mol. The van der Waals surface area contributed by atoms with E-state index in [0.29, 0.717) is 37.6 Å². The second-order valence-corrected chi connectivity index (χ2v) is 7.36. The van der Waals surface area contributed by atoms with Crippen LogP contribution in [0.4, 0.5) is 10.6 Å². The summed E-state index contributed by atoms with van der Waals surface area (Å²) in [6, 6.07) is 9.82. The summed E-state index contributed by atoms with van der Waals surface area (Å²) in [6.07, 6.45) is 2.56. The molecule has 0 saturated carbocycles. The number of rotatable bonds is 3. The molecule has 0 atom stereocenters. The van der Waals surface area contributed by atoms with Gasteiger partial charge in [-0.3, -0.25) is 0 Å². The van der Waals surface area contributed by atoms with Crippen LogP contribution < -0.4 is 10.2 Å². The summed E-state index contributed by atoms with van der Waals surface area (Å²) in [7, 11) is 0. The Balaban J connectivity index is 1.57. The highest BCUT2D eigenvalue weighted by Gasteiger charge is 2.21. The first-order valence-electron chi connectivity index (χ1n) is 8.35. The molecule has 1 saturated heterocycles. The Morgan fingerprint density at radius 2 is 2.20 bits per heavy atom. The van der Waals surface area contributed by atoms with Crippen LogP contribution in [0.5, 0.6) is 0 Å². The molecular weight excluding hydrogens is 334 g/mol. The Hall–Kier alpha value is -2.59. The summed E-state index contributed by atoms with van der Waals surface area (Å²) in [4.78, 5) is 23.1. The van der Waals surface area contributed by atoms with Crippen molar-refractivity contribution in [1.82, 2.24) is 15.2 Å². The fourth-order valence-electron chi connectivity index (χ4n) is 2.92. The molecule has 1 N–H and O–H groups in total. The highest BCUT2D eigenvalue weighted by atomic mass is 32.1. The molecule has 0 bridgehead atoms. The molecule has 0 spiro atoms. The number of aromatic nitrogens is 1. The second kappa shape index (κ2) is 7.99. The average molecular weight is 355 g/mol. The van der Waals surface area contributed by atoms with E-state index in [1.807, 2.05) is 4.90 Å². The smallest absolute Gasteiger partial charge is 0.317 e. The van der Waals surface area contributed by atoms with Gasteiger partial charge in [0.15, 0.2) is 0 Å². The minimum atomic E-state index is -0.0329. The lowest BCUT2D eigenvalue weighted by molar-refractivity contribution is 0.201. The van der Waals surface area contributed by atoms with Crippen molar-refractivity contribution in [3.8, 4) is 6.07 Å². The number of nitriles is 1. The van der Waals surface area contributed by atoms with Crippen LogP contribution in [0.1, 0.15) is 21.7 Å². The number of pyridine rings is 1. The fraction of sp³-hybridized carbons (Fsp3) is 0.389. The van der Waals surface area contributed by atoms with Gasteiger partial charge in [0.2, 0.25) is 0 Å². The summed E-state index contributed by atoms with van der Waals surface area (Å²) in [5, 5.41) is 12.2. The monoisotopic (exact) mass is 355 g/mol. The van der Waals surface area contributed by atoms with Gasteiger partial charge in [-0.2, -0.15) is 5.26 Å². The standard InChI is InChI=1S/C18H21N5OS/c1-14-5-6-16(25-14)13-21-18(24)23-9-3-8-22(10-11-23)17-15(12-19)4-2-7-20-17/h2,4-7H,3,8-11,13H2,1H3,(H,21,24). The van der Waals surface area contributed by atoms with Crippen LogP contribution in [-0.2, 0) is 6.54 Å². The number of carbonyl (C=O) groups excluding carboxylic acids is 1. The van der Waals surface area contributed by atoms with Crippen molar-refractivity contribution < 1.29 is 4.79 Å². The number of carbonyl (C=O) groups is 1. The second-order valence-electron chi connectivity index (χ2n) is 5.99. The molecule has 0 aromatic carbocycles. The molecule has 3 rings (SSSR count). The van der Waals surface area contributed by atoms with Gasteiger partial charge in [0.25, 0.3) is 0 Å². The molecule has 25 heavy (non-hydrogen) atoms. The summed E-state index contributed by atoms with van der Waals surface area (Å²) >= 11 is 1.70. The zero-order valence-corrected chi connectivity index (χ0v) is 15.1. The molecule has 130 valence electrons. The number of amides is 2. The quantitative estimate of drug-likeness (QED) is 0.919. The van der Waals surface area contributed by atoms with Crippen LogP contribution in [0.2, 0.25) is 0 Å². The molecule has 0 unspecified atom stereocenters. The summed E-state index contributed by atoms with van der Waals surface area (Å²) in [6.45, 7) is 5.43. The summed E-state index contributed by atoms with van der Waals surface area (Å²) in [5.41, 5.74) is 0.577. The van der Waals surface area contributed by atoms with E-state index in [-0.39, 0.29) is 6.03 Å². The van der Waals surface area contributed by atoms with Crippen LogP contribution in [0, 0.1) is 18.3 Å². The Bertz CT molecular complexity index is 782. The number of hydrogen-bond donors (Lipinski definition) is 1. The maximum absolute atomic E-state index is 12.4. The molecule has 2 aromatic rings. The number of aryl methyl sites for hydroxylation is 1. The highest BCUT2D eigenvalue weighted by molar-refractivity contribution is 7.11. The van der Waals surface area contributed by atoms with Gasteiger partial charge in [-0.25, -0.2) is 9.78 Å². The largest absolute Gasteiger partial charge is 0.354 e. The van der Waals surface area contributed by atoms with Crippen LogP contribution in [-0.4, -0.2) is 42.1 Å². The Morgan fingerprint density at radius 1 is 1.32 bits per heavy atom. The van der Waals surface area contributed by atoms with Crippen molar-refractivity contribution in [2.24, 2.45) is 0 Å². The van der Waals surface area contributed by atoms with Crippen LogP contribution in [0.25, 0.3) is 0 Å². The van der Waals surface area contributed by atoms with Gasteiger partial charge in [0.1, 0.15) is 11.9 Å². The average Bonchev–Trinajstić information content (AvgIpc) is 2.90. The minimum Gasteiger partial charge on any atom is -0.354 e. The number of thiophene rings is 1. The van der Waals surface area contributed by atoms with Gasteiger partial charge in [0, 0.05) is 42.1 Å². The fourth-order valence-corrected chi connectivity index (χ4v) is 3.75. The third-order valence-electron chi connectivity index (χ3n) is 4.20. The number of anilines is 1. The maximum atomic E-state index is 12.4. The van der Waals surface area contributed by atoms with E-state index in [1.54, 1.807) is 29.7 Å². The molecule has 6 nitrogen and oxygen atoms in total. The highest BCUT2D eigenvalue weighted by Crippen LogP contribution is 2.18. The van der Waals surface area contributed by atoms with Gasteiger partial charge in [0.05, 0.1) is 12.1 Å². The Labute approximate surface area is 151 Å². The Kier molecular flexibility index (Phi) is 5.51. The number of nitrogens with one attached hydrogen (secondary N) is 1. The number of hydrogen-bond acceptors (Lipinski definition) is 5. The van der Waals surface area contributed by atoms with Crippen molar-refractivity contribution in [1.29, 1.82) is 5.26 Å². The molecule has 3 heterocycles. The van der Waals surface area contributed by atoms with Crippen LogP contribution >= 0.6 is 11.3 Å². The molecular formula is C18H21N5OS. The van der Waals surface area contributed by atoms with Gasteiger partial charge in [-0.1, -0.05) is 0 Å². The van der Waals surface area contributed by atoms with E-state index in [2.05, 4.69) is 40.3 Å². The molecule has 0 aliphatic carbocycles. The number of nitrogens with zero attached hydrogens (tertiary/aromatic N) is 4. The van der Waals surface area contributed by atoms with E-state index in [1.165, 1.54) is 4.88 Å². The first-order valence-corrected chi connectivity index (χ1v) is 9.17. The maximum Gasteiger partial charge on any atom is 0.317 e. The van der Waals surface area contributed by atoms with Crippen molar-refractivity contribution >= 4 is 23.2 Å². The van der Waals surface area contributed by atoms with E-state index >= 15 is 0 Å². The van der Waals surface area contributed by atoms with Gasteiger partial charge in [-0.05, 0) is 37.6 Å². The SMILES string of the molecule is Cc1ccc(CNC(=O)N2CCCN(c3ncccc3C#N)CC2)s1. The first kappa shape index (κ1) is 17.2. The lowest BCUT2D eigenvalue weighted by atomic mass is 10.2. The van der Waals surface area contributed by atoms with Crippen molar-refractivity contribution in [3.63, 3.8) is 0 Å². The zero-order valence-electron chi connectivity index (χ0n) is 14.2. The Morgan fingerprint density at radius 3 is 2.96 bits per heavy atom. The van der Waals surface area contributed by atoms with Crippen molar-refractivity contribution in [2.45, 2.75) is 19.9 Å². The zero-order chi connectivity index (χ0) is 17.6. The van der Waals surface area contributed by atoms with Crippen LogP contribution in [0.3, 0.4) is 0 Å². The predicted octanol–water partition coefficient (Wildman–Crippen LogP) is 2.75. The number of urea groups is 1. The molecule has 1 aliphatic heterocycles. The van der Waals surface area contributed by atoms with E-state index < -0.39 is 0 Å². The van der Waals surface area contributed by atoms with Gasteiger partial charge >= 0.3 is 6.03 Å². The summed E-state index contributed by atoms with van der Waals surface area (Å²) < 4.78 is 0. The van der Waals surface area contributed by atoms with Gasteiger partial charge in [-0.15, -0.1) is 11.3 Å². The van der Waals surface area contributed by atoms with E-state index in [9.17, 15) is 10.1 Å². The van der Waals surface area contributed by atoms with Crippen LogP contribution in [0.15, 0.2) is 30.5 Å². The molecule has 7 heteroatoms. The first-order chi connectivity index (χ1) is 12.2. The van der Waals surface area contributed by atoms with E-state index in [0.717, 1.165) is 17.8 Å². The third kappa shape index (κ3) is 4.28. The molecule has 2 amide bonds. The van der Waals surface area contributed by atoms with E-state index in [4.69, 9.17) is 0 Å². The van der Waals surface area contributed by atoms with Crippen molar-refractivity contribution in [2.75, 3.05) is 31.1 Å². The van der Waals surface area contributed by atoms with Crippen molar-refractivity contribution in [3.05, 3.63) is 45.8 Å².